The summed E-state index contributed by atoms with van der Waals surface area (Å²) in [6.07, 6.45) is 5.11. The highest BCUT2D eigenvalue weighted by Crippen LogP contribution is 2.12. The Morgan fingerprint density at radius 3 is 2.23 bits per heavy atom. The number of likely N-dealkylation sites (tertiary alicyclic amines) is 1. The molecular weight excluding hydrogens is 164 g/mol. The lowest BCUT2D eigenvalue weighted by Crippen LogP contribution is -2.44. The minimum absolute atomic E-state index is 0.0445. The van der Waals surface area contributed by atoms with Crippen LogP contribution < -0.4 is 5.32 Å². The molecule has 0 spiro atoms. The van der Waals surface area contributed by atoms with Gasteiger partial charge in [-0.1, -0.05) is 12.8 Å². The minimum Gasteiger partial charge on any atom is -0.358 e. The third-order valence-electron chi connectivity index (χ3n) is 2.81. The fraction of sp³-hybridized carbons (Fsp3) is 0.900. The zero-order valence-electron chi connectivity index (χ0n) is 8.68. The van der Waals surface area contributed by atoms with Gasteiger partial charge in [-0.05, 0) is 32.9 Å². The van der Waals surface area contributed by atoms with Crippen LogP contribution in [0.5, 0.6) is 0 Å². The number of nitrogens with one attached hydrogen (secondary N) is 1. The Balaban J connectivity index is 2.43. The predicted octanol–water partition coefficient (Wildman–Crippen LogP) is 0.997. The zero-order valence-corrected chi connectivity index (χ0v) is 8.68. The lowest BCUT2D eigenvalue weighted by Gasteiger charge is -2.25. The number of carbonyl (C=O) groups is 1. The Hall–Kier alpha value is -0.570. The average molecular weight is 184 g/mol. The Morgan fingerprint density at radius 1 is 1.23 bits per heavy atom. The van der Waals surface area contributed by atoms with Crippen LogP contribution in [0.25, 0.3) is 0 Å². The summed E-state index contributed by atoms with van der Waals surface area (Å²) in [6.45, 7) is 4.15. The van der Waals surface area contributed by atoms with Crippen LogP contribution in [0, 0.1) is 0 Å². The van der Waals surface area contributed by atoms with E-state index < -0.39 is 0 Å². The van der Waals surface area contributed by atoms with Crippen molar-refractivity contribution in [1.29, 1.82) is 0 Å². The van der Waals surface area contributed by atoms with E-state index in [-0.39, 0.29) is 11.9 Å². The van der Waals surface area contributed by atoms with Gasteiger partial charge in [0.2, 0.25) is 5.91 Å². The first kappa shape index (κ1) is 10.5. The number of rotatable bonds is 2. The van der Waals surface area contributed by atoms with Gasteiger partial charge >= 0.3 is 0 Å². The highest BCUT2D eigenvalue weighted by Gasteiger charge is 2.20. The number of hydrogen-bond acceptors (Lipinski definition) is 2. The highest BCUT2D eigenvalue weighted by molar-refractivity contribution is 5.80. The number of hydrogen-bond donors (Lipinski definition) is 1. The molecule has 3 nitrogen and oxygen atoms in total. The van der Waals surface area contributed by atoms with Gasteiger partial charge in [0.15, 0.2) is 0 Å². The van der Waals surface area contributed by atoms with E-state index in [1.807, 2.05) is 6.92 Å². The number of likely N-dealkylation sites (N-methyl/N-ethyl adjacent to an activating group) is 1. The molecule has 0 aliphatic carbocycles. The van der Waals surface area contributed by atoms with Crippen molar-refractivity contribution in [1.82, 2.24) is 10.2 Å². The first-order chi connectivity index (χ1) is 6.25. The van der Waals surface area contributed by atoms with Crippen LogP contribution in [0.15, 0.2) is 0 Å². The van der Waals surface area contributed by atoms with Gasteiger partial charge < -0.3 is 5.32 Å². The van der Waals surface area contributed by atoms with Crippen LogP contribution in [0.1, 0.15) is 32.6 Å². The lowest BCUT2D eigenvalue weighted by molar-refractivity contribution is -0.125. The lowest BCUT2D eigenvalue weighted by atomic mass is 10.2. The van der Waals surface area contributed by atoms with Crippen molar-refractivity contribution in [2.24, 2.45) is 0 Å². The standard InChI is InChI=1S/C10H20N2O/c1-9(10(13)11-2)12-7-5-3-4-6-8-12/h9H,3-8H2,1-2H3,(H,11,13). The molecular formula is C10H20N2O. The van der Waals surface area contributed by atoms with Crippen LogP contribution in [0.3, 0.4) is 0 Å². The molecule has 3 heteroatoms. The van der Waals surface area contributed by atoms with Gasteiger partial charge in [0.05, 0.1) is 6.04 Å². The molecule has 13 heavy (non-hydrogen) atoms. The van der Waals surface area contributed by atoms with Crippen LogP contribution in [0.2, 0.25) is 0 Å². The molecule has 0 aromatic rings. The Bertz CT molecular complexity index is 162. The van der Waals surface area contributed by atoms with Crippen molar-refractivity contribution in [2.75, 3.05) is 20.1 Å². The molecule has 1 unspecified atom stereocenters. The van der Waals surface area contributed by atoms with Crippen LogP contribution in [-0.4, -0.2) is 37.0 Å². The van der Waals surface area contributed by atoms with E-state index in [2.05, 4.69) is 10.2 Å². The van der Waals surface area contributed by atoms with Crippen molar-refractivity contribution in [3.8, 4) is 0 Å². The molecule has 1 N–H and O–H groups in total. The summed E-state index contributed by atoms with van der Waals surface area (Å²) in [5.74, 6) is 0.141. The average Bonchev–Trinajstić information content (AvgIpc) is 2.43. The van der Waals surface area contributed by atoms with E-state index in [4.69, 9.17) is 0 Å². The fourth-order valence-electron chi connectivity index (χ4n) is 1.86. The summed E-state index contributed by atoms with van der Waals surface area (Å²) in [5, 5.41) is 2.70. The van der Waals surface area contributed by atoms with Gasteiger partial charge in [-0.3, -0.25) is 9.69 Å². The summed E-state index contributed by atoms with van der Waals surface area (Å²) in [4.78, 5) is 13.7. The molecule has 1 saturated heterocycles. The first-order valence-corrected chi connectivity index (χ1v) is 5.21. The summed E-state index contributed by atoms with van der Waals surface area (Å²) in [7, 11) is 1.71. The molecule has 0 aromatic heterocycles. The maximum Gasteiger partial charge on any atom is 0.236 e. The quantitative estimate of drug-likeness (QED) is 0.694. The van der Waals surface area contributed by atoms with Crippen molar-refractivity contribution < 1.29 is 4.79 Å². The molecule has 0 radical (unpaired) electrons. The number of carbonyl (C=O) groups excluding carboxylic acids is 1. The normalized spacial score (nSPS) is 22.0. The largest absolute Gasteiger partial charge is 0.358 e. The van der Waals surface area contributed by atoms with E-state index >= 15 is 0 Å². The van der Waals surface area contributed by atoms with Crippen molar-refractivity contribution in [3.63, 3.8) is 0 Å². The van der Waals surface area contributed by atoms with Gasteiger partial charge in [0.1, 0.15) is 0 Å². The summed E-state index contributed by atoms with van der Waals surface area (Å²) in [6, 6.07) is 0.0445. The maximum absolute atomic E-state index is 11.4. The number of amides is 1. The molecule has 76 valence electrons. The molecule has 1 aliphatic heterocycles. The second-order valence-corrected chi connectivity index (χ2v) is 3.74. The van der Waals surface area contributed by atoms with Gasteiger partial charge in [-0.25, -0.2) is 0 Å². The maximum atomic E-state index is 11.4. The highest BCUT2D eigenvalue weighted by atomic mass is 16.2. The predicted molar refractivity (Wildman–Crippen MR) is 53.6 cm³/mol. The minimum atomic E-state index is 0.0445. The SMILES string of the molecule is CNC(=O)C(C)N1CCCCCC1. The smallest absolute Gasteiger partial charge is 0.236 e. The van der Waals surface area contributed by atoms with Crippen LogP contribution in [-0.2, 0) is 4.79 Å². The van der Waals surface area contributed by atoms with Gasteiger partial charge in [0.25, 0.3) is 0 Å². The second kappa shape index (κ2) is 5.22. The molecule has 1 atom stereocenters. The van der Waals surface area contributed by atoms with Crippen LogP contribution in [0.4, 0.5) is 0 Å². The molecule has 1 heterocycles. The molecule has 0 aromatic carbocycles. The van der Waals surface area contributed by atoms with Gasteiger partial charge in [0, 0.05) is 7.05 Å². The van der Waals surface area contributed by atoms with Crippen molar-refractivity contribution in [2.45, 2.75) is 38.6 Å². The Morgan fingerprint density at radius 2 is 1.77 bits per heavy atom. The summed E-state index contributed by atoms with van der Waals surface area (Å²) >= 11 is 0. The molecule has 1 aliphatic rings. The van der Waals surface area contributed by atoms with Gasteiger partial charge in [-0.15, -0.1) is 0 Å². The van der Waals surface area contributed by atoms with Gasteiger partial charge in [-0.2, -0.15) is 0 Å². The molecule has 1 rings (SSSR count). The van der Waals surface area contributed by atoms with E-state index in [0.717, 1.165) is 13.1 Å². The molecule has 0 bridgehead atoms. The third kappa shape index (κ3) is 2.99. The Labute approximate surface area is 80.5 Å². The first-order valence-electron chi connectivity index (χ1n) is 5.21. The third-order valence-corrected chi connectivity index (χ3v) is 2.81. The summed E-state index contributed by atoms with van der Waals surface area (Å²) < 4.78 is 0. The van der Waals surface area contributed by atoms with E-state index in [1.165, 1.54) is 25.7 Å². The molecule has 1 fully saturated rings. The van der Waals surface area contributed by atoms with Crippen LogP contribution >= 0.6 is 0 Å². The molecule has 1 amide bonds. The monoisotopic (exact) mass is 184 g/mol. The second-order valence-electron chi connectivity index (χ2n) is 3.74. The van der Waals surface area contributed by atoms with E-state index in [9.17, 15) is 4.79 Å². The molecule has 0 saturated carbocycles. The van der Waals surface area contributed by atoms with E-state index in [1.54, 1.807) is 7.05 Å². The topological polar surface area (TPSA) is 32.3 Å². The fourth-order valence-corrected chi connectivity index (χ4v) is 1.86. The Kier molecular flexibility index (Phi) is 4.22. The summed E-state index contributed by atoms with van der Waals surface area (Å²) in [5.41, 5.74) is 0. The van der Waals surface area contributed by atoms with Crippen molar-refractivity contribution in [3.05, 3.63) is 0 Å². The van der Waals surface area contributed by atoms with Crippen molar-refractivity contribution >= 4 is 5.91 Å². The number of nitrogens with zero attached hydrogens (tertiary/aromatic N) is 1. The zero-order chi connectivity index (χ0) is 9.68. The van der Waals surface area contributed by atoms with E-state index in [0.29, 0.717) is 0 Å².